The summed E-state index contributed by atoms with van der Waals surface area (Å²) in [6.45, 7) is 4.32. The van der Waals surface area contributed by atoms with E-state index in [0.717, 1.165) is 6.42 Å². The molecule has 122 valence electrons. The highest BCUT2D eigenvalue weighted by Gasteiger charge is 2.15. The molecule has 0 spiro atoms. The topological polar surface area (TPSA) is 64.6 Å². The predicted molar refractivity (Wildman–Crippen MR) is 85.8 cm³/mol. The fraction of sp³-hybridized carbons (Fsp3) is 0.467. The number of hydrogen-bond donors (Lipinski definition) is 1. The summed E-state index contributed by atoms with van der Waals surface area (Å²) < 4.78 is 9.91. The van der Waals surface area contributed by atoms with Crippen molar-refractivity contribution in [3.05, 3.63) is 27.7 Å². The summed E-state index contributed by atoms with van der Waals surface area (Å²) in [4.78, 5) is 23.4. The largest absolute Gasteiger partial charge is 0.494 e. The lowest BCUT2D eigenvalue weighted by molar-refractivity contribution is -0.124. The van der Waals surface area contributed by atoms with E-state index in [9.17, 15) is 9.59 Å². The van der Waals surface area contributed by atoms with Crippen LogP contribution in [0.15, 0.2) is 12.1 Å². The van der Waals surface area contributed by atoms with Crippen LogP contribution in [0.4, 0.5) is 0 Å². The van der Waals surface area contributed by atoms with Crippen LogP contribution in [-0.4, -0.2) is 32.1 Å². The van der Waals surface area contributed by atoms with Gasteiger partial charge in [-0.2, -0.15) is 0 Å². The standard InChI is InChI=1S/C15H19Cl2NO4/c1-9(2)4-5-18-13(19)8-22-15(20)10-6-11(16)14(21-3)12(17)7-10/h6-7,9H,4-5,8H2,1-3H3,(H,18,19). The van der Waals surface area contributed by atoms with Crippen LogP contribution in [0.25, 0.3) is 0 Å². The van der Waals surface area contributed by atoms with Crippen LogP contribution in [0.1, 0.15) is 30.6 Å². The molecule has 0 radical (unpaired) electrons. The molecule has 1 N–H and O–H groups in total. The average Bonchev–Trinajstić information content (AvgIpc) is 2.44. The third-order valence-corrected chi connectivity index (χ3v) is 3.38. The van der Waals surface area contributed by atoms with E-state index in [4.69, 9.17) is 32.7 Å². The molecule has 22 heavy (non-hydrogen) atoms. The molecule has 0 fully saturated rings. The molecule has 0 bridgehead atoms. The Morgan fingerprint density at radius 1 is 1.23 bits per heavy atom. The van der Waals surface area contributed by atoms with Gasteiger partial charge in [0, 0.05) is 6.54 Å². The zero-order valence-electron chi connectivity index (χ0n) is 12.7. The minimum absolute atomic E-state index is 0.158. The molecule has 0 saturated carbocycles. The first-order chi connectivity index (χ1) is 10.3. The van der Waals surface area contributed by atoms with Crippen LogP contribution in [0, 0.1) is 5.92 Å². The van der Waals surface area contributed by atoms with Gasteiger partial charge in [0.25, 0.3) is 5.91 Å². The van der Waals surface area contributed by atoms with Gasteiger partial charge in [0.1, 0.15) is 0 Å². The summed E-state index contributed by atoms with van der Waals surface area (Å²) in [5.74, 6) is -0.247. The Balaban J connectivity index is 2.54. The van der Waals surface area contributed by atoms with Crippen molar-refractivity contribution in [2.45, 2.75) is 20.3 Å². The number of ether oxygens (including phenoxy) is 2. The van der Waals surface area contributed by atoms with Crippen molar-refractivity contribution in [2.24, 2.45) is 5.92 Å². The molecule has 5 nitrogen and oxygen atoms in total. The first kappa shape index (κ1) is 18.6. The van der Waals surface area contributed by atoms with Gasteiger partial charge >= 0.3 is 5.97 Å². The van der Waals surface area contributed by atoms with E-state index in [0.29, 0.717) is 12.5 Å². The lowest BCUT2D eigenvalue weighted by atomic mass is 10.1. The number of methoxy groups -OCH3 is 1. The van der Waals surface area contributed by atoms with Crippen LogP contribution in [0.5, 0.6) is 5.75 Å². The van der Waals surface area contributed by atoms with Crippen molar-refractivity contribution in [2.75, 3.05) is 20.3 Å². The maximum Gasteiger partial charge on any atom is 0.338 e. The van der Waals surface area contributed by atoms with Gasteiger partial charge in [-0.25, -0.2) is 4.79 Å². The molecule has 1 rings (SSSR count). The monoisotopic (exact) mass is 347 g/mol. The van der Waals surface area contributed by atoms with Gasteiger partial charge < -0.3 is 14.8 Å². The molecule has 0 atom stereocenters. The smallest absolute Gasteiger partial charge is 0.338 e. The third kappa shape index (κ3) is 5.73. The second-order valence-corrected chi connectivity index (χ2v) is 5.90. The molecule has 7 heteroatoms. The highest BCUT2D eigenvalue weighted by Crippen LogP contribution is 2.33. The first-order valence-corrected chi connectivity index (χ1v) is 7.57. The maximum absolute atomic E-state index is 11.9. The molecule has 1 aromatic carbocycles. The molecule has 0 aliphatic rings. The minimum atomic E-state index is -0.675. The van der Waals surface area contributed by atoms with Gasteiger partial charge in [-0.3, -0.25) is 4.79 Å². The quantitative estimate of drug-likeness (QED) is 0.768. The number of amides is 1. The van der Waals surface area contributed by atoms with Crippen LogP contribution in [-0.2, 0) is 9.53 Å². The highest BCUT2D eigenvalue weighted by atomic mass is 35.5. The first-order valence-electron chi connectivity index (χ1n) is 6.82. The molecule has 0 aliphatic heterocycles. The van der Waals surface area contributed by atoms with Gasteiger partial charge in [0.15, 0.2) is 12.4 Å². The number of halogens is 2. The molecule has 0 saturated heterocycles. The highest BCUT2D eigenvalue weighted by molar-refractivity contribution is 6.37. The summed E-state index contributed by atoms with van der Waals surface area (Å²) in [6.07, 6.45) is 0.864. The van der Waals surface area contributed by atoms with Crippen molar-refractivity contribution >= 4 is 35.1 Å². The Morgan fingerprint density at radius 3 is 2.32 bits per heavy atom. The fourth-order valence-electron chi connectivity index (χ4n) is 1.64. The number of carbonyl (C=O) groups excluding carboxylic acids is 2. The molecular formula is C15H19Cl2NO4. The lowest BCUT2D eigenvalue weighted by Gasteiger charge is -2.10. The van der Waals surface area contributed by atoms with Crippen molar-refractivity contribution in [3.63, 3.8) is 0 Å². The van der Waals surface area contributed by atoms with Crippen LogP contribution in [0.2, 0.25) is 10.0 Å². The zero-order valence-corrected chi connectivity index (χ0v) is 14.3. The van der Waals surface area contributed by atoms with Crippen molar-refractivity contribution < 1.29 is 19.1 Å². The molecule has 0 aromatic heterocycles. The van der Waals surface area contributed by atoms with E-state index >= 15 is 0 Å². The number of hydrogen-bond acceptors (Lipinski definition) is 4. The number of nitrogens with one attached hydrogen (secondary N) is 1. The van der Waals surface area contributed by atoms with Crippen LogP contribution < -0.4 is 10.1 Å². The maximum atomic E-state index is 11.9. The predicted octanol–water partition coefficient (Wildman–Crippen LogP) is 3.32. The zero-order chi connectivity index (χ0) is 16.7. The van der Waals surface area contributed by atoms with E-state index in [1.165, 1.54) is 19.2 Å². The number of benzene rings is 1. The van der Waals surface area contributed by atoms with Crippen molar-refractivity contribution in [1.29, 1.82) is 0 Å². The Hall–Kier alpha value is -1.46. The van der Waals surface area contributed by atoms with Crippen molar-refractivity contribution in [3.8, 4) is 5.75 Å². The van der Waals surface area contributed by atoms with Gasteiger partial charge in [-0.1, -0.05) is 37.0 Å². The Kier molecular flexibility index (Phi) is 7.48. The SMILES string of the molecule is COc1c(Cl)cc(C(=O)OCC(=O)NCCC(C)C)cc1Cl. The second-order valence-electron chi connectivity index (χ2n) is 5.08. The van der Waals surface area contributed by atoms with Crippen molar-refractivity contribution in [1.82, 2.24) is 5.32 Å². The van der Waals surface area contributed by atoms with Gasteiger partial charge in [0.05, 0.1) is 22.7 Å². The number of esters is 1. The van der Waals surface area contributed by atoms with Crippen LogP contribution >= 0.6 is 23.2 Å². The molecule has 1 aromatic rings. The number of carbonyl (C=O) groups is 2. The normalized spacial score (nSPS) is 10.5. The molecule has 0 unspecified atom stereocenters. The fourth-order valence-corrected chi connectivity index (χ4v) is 2.28. The van der Waals surface area contributed by atoms with E-state index in [-0.39, 0.29) is 33.9 Å². The average molecular weight is 348 g/mol. The van der Waals surface area contributed by atoms with E-state index in [2.05, 4.69) is 19.2 Å². The van der Waals surface area contributed by atoms with Gasteiger partial charge in [-0.15, -0.1) is 0 Å². The van der Waals surface area contributed by atoms with Crippen LogP contribution in [0.3, 0.4) is 0 Å². The summed E-state index contributed by atoms with van der Waals surface area (Å²) in [7, 11) is 1.42. The van der Waals surface area contributed by atoms with Gasteiger partial charge in [-0.05, 0) is 24.5 Å². The molecular weight excluding hydrogens is 329 g/mol. The molecule has 0 aliphatic carbocycles. The van der Waals surface area contributed by atoms with Gasteiger partial charge in [0.2, 0.25) is 0 Å². The number of rotatable bonds is 7. The lowest BCUT2D eigenvalue weighted by Crippen LogP contribution is -2.30. The second kappa shape index (κ2) is 8.86. The molecule has 1 amide bonds. The third-order valence-electron chi connectivity index (χ3n) is 2.82. The molecule has 0 heterocycles. The minimum Gasteiger partial charge on any atom is -0.494 e. The van der Waals surface area contributed by atoms with E-state index in [1.54, 1.807) is 0 Å². The van der Waals surface area contributed by atoms with E-state index in [1.807, 2.05) is 0 Å². The Morgan fingerprint density at radius 2 is 1.82 bits per heavy atom. The Labute approximate surface area is 139 Å². The summed E-state index contributed by atoms with van der Waals surface area (Å²) >= 11 is 11.9. The summed E-state index contributed by atoms with van der Waals surface area (Å²) in [6, 6.07) is 2.76. The van der Waals surface area contributed by atoms with E-state index < -0.39 is 5.97 Å². The summed E-state index contributed by atoms with van der Waals surface area (Å²) in [5.41, 5.74) is 0.158. The Bertz CT molecular complexity index is 523. The summed E-state index contributed by atoms with van der Waals surface area (Å²) in [5, 5.41) is 3.07.